The molecule has 1 aliphatic rings. The molecule has 0 spiro atoms. The van der Waals surface area contributed by atoms with E-state index < -0.39 is 27.8 Å². The van der Waals surface area contributed by atoms with E-state index in [1.807, 2.05) is 0 Å². The summed E-state index contributed by atoms with van der Waals surface area (Å²) in [7, 11) is -3.93. The van der Waals surface area contributed by atoms with Crippen LogP contribution in [0.2, 0.25) is 0 Å². The molecule has 2 aromatic rings. The number of carbonyl (C=O) groups excluding carboxylic acids is 1. The molecule has 32 heavy (non-hydrogen) atoms. The van der Waals surface area contributed by atoms with Crippen LogP contribution < -0.4 is 15.8 Å². The molecule has 1 saturated heterocycles. The van der Waals surface area contributed by atoms with Crippen molar-refractivity contribution < 1.29 is 31.1 Å². The second kappa shape index (κ2) is 9.86. The van der Waals surface area contributed by atoms with E-state index in [2.05, 4.69) is 15.5 Å². The van der Waals surface area contributed by atoms with Crippen molar-refractivity contribution in [2.45, 2.75) is 17.5 Å². The van der Waals surface area contributed by atoms with Crippen molar-refractivity contribution in [1.29, 1.82) is 0 Å². The Morgan fingerprint density at radius 1 is 1.06 bits per heavy atom. The van der Waals surface area contributed by atoms with Crippen LogP contribution in [0.25, 0.3) is 0 Å². The monoisotopic (exact) mass is 472 g/mol. The Balaban J connectivity index is 1.72. The first-order valence-corrected chi connectivity index (χ1v) is 11.3. The Morgan fingerprint density at radius 3 is 2.31 bits per heavy atom. The van der Waals surface area contributed by atoms with Gasteiger partial charge in [-0.2, -0.15) is 13.2 Å². The number of anilines is 2. The third-order valence-electron chi connectivity index (χ3n) is 4.92. The molecule has 0 saturated carbocycles. The standard InChI is InChI=1S/C20H23F3N4O4S/c21-20(22,23)15-1-3-16(4-2-15)25-19(28)26-18-6-5-17(32(24,29)30)13-14(18)7-8-27-9-11-31-12-10-27/h1-6,13H,7-12H2,(H2,24,29,30)(H2,25,26,28). The minimum atomic E-state index is -4.47. The normalized spacial score (nSPS) is 15.4. The Kier molecular flexibility index (Phi) is 7.39. The first kappa shape index (κ1) is 24.0. The molecule has 4 N–H and O–H groups in total. The van der Waals surface area contributed by atoms with Crippen molar-refractivity contribution in [3.8, 4) is 0 Å². The molecule has 8 nitrogen and oxygen atoms in total. The summed E-state index contributed by atoms with van der Waals surface area (Å²) in [6.07, 6.45) is -4.03. The molecule has 0 unspecified atom stereocenters. The Labute approximate surface area is 183 Å². The number of rotatable bonds is 6. The third kappa shape index (κ3) is 6.66. The van der Waals surface area contributed by atoms with Gasteiger partial charge in [0.05, 0.1) is 23.7 Å². The number of nitrogens with zero attached hydrogens (tertiary/aromatic N) is 1. The highest BCUT2D eigenvalue weighted by Gasteiger charge is 2.30. The number of nitrogens with one attached hydrogen (secondary N) is 2. The van der Waals surface area contributed by atoms with Gasteiger partial charge in [-0.3, -0.25) is 4.90 Å². The van der Waals surface area contributed by atoms with E-state index in [-0.39, 0.29) is 10.6 Å². The van der Waals surface area contributed by atoms with E-state index in [4.69, 9.17) is 9.88 Å². The van der Waals surface area contributed by atoms with Crippen LogP contribution >= 0.6 is 0 Å². The number of alkyl halides is 3. The van der Waals surface area contributed by atoms with Crippen LogP contribution in [0.1, 0.15) is 11.1 Å². The fourth-order valence-corrected chi connectivity index (χ4v) is 3.77. The molecule has 1 heterocycles. The van der Waals surface area contributed by atoms with Crippen molar-refractivity contribution in [3.63, 3.8) is 0 Å². The van der Waals surface area contributed by atoms with Gasteiger partial charge >= 0.3 is 12.2 Å². The minimum Gasteiger partial charge on any atom is -0.379 e. The Hall–Kier alpha value is -2.67. The van der Waals surface area contributed by atoms with Gasteiger partial charge in [-0.1, -0.05) is 0 Å². The summed E-state index contributed by atoms with van der Waals surface area (Å²) >= 11 is 0. The van der Waals surface area contributed by atoms with Crippen LogP contribution in [0.5, 0.6) is 0 Å². The van der Waals surface area contributed by atoms with E-state index in [9.17, 15) is 26.4 Å². The molecule has 0 radical (unpaired) electrons. The number of morpholine rings is 1. The Morgan fingerprint density at radius 2 is 1.72 bits per heavy atom. The number of urea groups is 1. The van der Waals surface area contributed by atoms with Crippen LogP contribution in [-0.4, -0.2) is 52.2 Å². The van der Waals surface area contributed by atoms with Gasteiger partial charge in [0.2, 0.25) is 10.0 Å². The summed E-state index contributed by atoms with van der Waals surface area (Å²) in [4.78, 5) is 14.5. The van der Waals surface area contributed by atoms with E-state index in [1.54, 1.807) is 0 Å². The molecule has 0 atom stereocenters. The zero-order chi connectivity index (χ0) is 23.4. The summed E-state index contributed by atoms with van der Waals surface area (Å²) in [6.45, 7) is 3.32. The van der Waals surface area contributed by atoms with Crippen molar-refractivity contribution in [2.75, 3.05) is 43.5 Å². The summed E-state index contributed by atoms with van der Waals surface area (Å²) < 4.78 is 66.8. The van der Waals surface area contributed by atoms with Crippen LogP contribution in [-0.2, 0) is 27.4 Å². The number of nitrogens with two attached hydrogens (primary N) is 1. The number of primary sulfonamides is 1. The molecule has 1 fully saturated rings. The molecule has 12 heteroatoms. The van der Waals surface area contributed by atoms with E-state index in [0.29, 0.717) is 37.4 Å². The lowest BCUT2D eigenvalue weighted by atomic mass is 10.1. The van der Waals surface area contributed by atoms with E-state index >= 15 is 0 Å². The number of halogens is 3. The maximum atomic E-state index is 12.7. The first-order valence-electron chi connectivity index (χ1n) is 9.73. The van der Waals surface area contributed by atoms with E-state index in [0.717, 1.165) is 37.4 Å². The topological polar surface area (TPSA) is 114 Å². The number of hydrogen-bond donors (Lipinski definition) is 3. The van der Waals surface area contributed by atoms with Gasteiger partial charge < -0.3 is 15.4 Å². The molecular weight excluding hydrogens is 449 g/mol. The highest BCUT2D eigenvalue weighted by atomic mass is 32.2. The fraction of sp³-hybridized carbons (Fsp3) is 0.350. The summed E-state index contributed by atoms with van der Waals surface area (Å²) in [5.74, 6) is 0. The van der Waals surface area contributed by atoms with Crippen molar-refractivity contribution in [1.82, 2.24) is 4.90 Å². The third-order valence-corrected chi connectivity index (χ3v) is 5.84. The van der Waals surface area contributed by atoms with Gasteiger partial charge in [0, 0.05) is 31.0 Å². The van der Waals surface area contributed by atoms with Gasteiger partial charge in [0.1, 0.15) is 0 Å². The minimum absolute atomic E-state index is 0.0804. The summed E-state index contributed by atoms with van der Waals surface area (Å²) in [5, 5.41) is 10.3. The maximum absolute atomic E-state index is 12.7. The van der Waals surface area contributed by atoms with Gasteiger partial charge in [-0.05, 0) is 54.4 Å². The molecule has 0 aromatic heterocycles. The number of hydrogen-bond acceptors (Lipinski definition) is 5. The lowest BCUT2D eigenvalue weighted by molar-refractivity contribution is -0.137. The lowest BCUT2D eigenvalue weighted by Gasteiger charge is -2.26. The second-order valence-electron chi connectivity index (χ2n) is 7.22. The van der Waals surface area contributed by atoms with Crippen LogP contribution in [0.4, 0.5) is 29.3 Å². The highest BCUT2D eigenvalue weighted by molar-refractivity contribution is 7.89. The average Bonchev–Trinajstić information content (AvgIpc) is 2.72. The van der Waals surface area contributed by atoms with Crippen molar-refractivity contribution in [3.05, 3.63) is 53.6 Å². The largest absolute Gasteiger partial charge is 0.416 e. The van der Waals surface area contributed by atoms with Crippen molar-refractivity contribution >= 4 is 27.4 Å². The second-order valence-corrected chi connectivity index (χ2v) is 8.78. The van der Waals surface area contributed by atoms with Crippen LogP contribution in [0.15, 0.2) is 47.4 Å². The molecule has 3 rings (SSSR count). The average molecular weight is 472 g/mol. The van der Waals surface area contributed by atoms with E-state index in [1.165, 1.54) is 18.2 Å². The number of carbonyl (C=O) groups is 1. The van der Waals surface area contributed by atoms with Crippen molar-refractivity contribution in [2.24, 2.45) is 5.14 Å². The van der Waals surface area contributed by atoms with Gasteiger partial charge in [-0.25, -0.2) is 18.4 Å². The van der Waals surface area contributed by atoms with Gasteiger partial charge in [0.25, 0.3) is 0 Å². The molecule has 2 aromatic carbocycles. The molecular formula is C20H23F3N4O4S. The highest BCUT2D eigenvalue weighted by Crippen LogP contribution is 2.30. The maximum Gasteiger partial charge on any atom is 0.416 e. The SMILES string of the molecule is NS(=O)(=O)c1ccc(NC(=O)Nc2ccc(C(F)(F)F)cc2)c(CCN2CCOCC2)c1. The zero-order valence-corrected chi connectivity index (χ0v) is 17.8. The molecule has 0 aliphatic carbocycles. The molecule has 0 bridgehead atoms. The molecule has 2 amide bonds. The molecule has 174 valence electrons. The summed E-state index contributed by atoms with van der Waals surface area (Å²) in [5.41, 5.74) is 0.277. The first-order chi connectivity index (χ1) is 15.0. The number of benzene rings is 2. The predicted octanol–water partition coefficient (Wildman–Crippen LogP) is 2.87. The molecule has 1 aliphatic heterocycles. The van der Waals surface area contributed by atoms with Gasteiger partial charge in [0.15, 0.2) is 0 Å². The lowest BCUT2D eigenvalue weighted by Crippen LogP contribution is -2.37. The number of sulfonamides is 1. The summed E-state index contributed by atoms with van der Waals surface area (Å²) in [6, 6.07) is 7.46. The van der Waals surface area contributed by atoms with Gasteiger partial charge in [-0.15, -0.1) is 0 Å². The quantitative estimate of drug-likeness (QED) is 0.598. The fourth-order valence-electron chi connectivity index (χ4n) is 3.21. The van der Waals surface area contributed by atoms with Crippen LogP contribution in [0.3, 0.4) is 0 Å². The Bertz CT molecular complexity index is 1050. The zero-order valence-electron chi connectivity index (χ0n) is 17.0. The number of ether oxygens (including phenoxy) is 1. The van der Waals surface area contributed by atoms with Crippen LogP contribution in [0, 0.1) is 0 Å². The predicted molar refractivity (Wildman–Crippen MR) is 113 cm³/mol. The smallest absolute Gasteiger partial charge is 0.379 e. The number of amides is 2.